The van der Waals surface area contributed by atoms with E-state index in [-0.39, 0.29) is 6.09 Å². The second kappa shape index (κ2) is 8.50. The second-order valence-corrected chi connectivity index (χ2v) is 7.02. The first-order chi connectivity index (χ1) is 9.37. The van der Waals surface area contributed by atoms with Crippen molar-refractivity contribution in [3.63, 3.8) is 0 Å². The summed E-state index contributed by atoms with van der Waals surface area (Å²) >= 11 is 0. The molecule has 1 amide bonds. The van der Waals surface area contributed by atoms with E-state index in [1.807, 2.05) is 20.8 Å². The molecule has 0 aromatic carbocycles. The number of ether oxygens (including phenoxy) is 1. The van der Waals surface area contributed by atoms with Crippen LogP contribution < -0.4 is 5.32 Å². The molecule has 20 heavy (non-hydrogen) atoms. The van der Waals surface area contributed by atoms with Gasteiger partial charge in [-0.2, -0.15) is 0 Å². The van der Waals surface area contributed by atoms with E-state index in [0.29, 0.717) is 6.54 Å². The maximum atomic E-state index is 11.5. The summed E-state index contributed by atoms with van der Waals surface area (Å²) in [6.45, 7) is 8.29. The number of nitrogens with zero attached hydrogens (tertiary/aromatic N) is 1. The molecule has 0 radical (unpaired) electrons. The third-order valence-corrected chi connectivity index (χ3v) is 3.81. The highest BCUT2D eigenvalue weighted by atomic mass is 16.6. The SMILES string of the molecule is CN(CCNC(=O)OC(C)(C)C)CCC1CCCCC1. The average Bonchev–Trinajstić information content (AvgIpc) is 2.35. The fraction of sp³-hybridized carbons (Fsp3) is 0.938. The third kappa shape index (κ3) is 8.41. The lowest BCUT2D eigenvalue weighted by Crippen LogP contribution is -2.37. The molecule has 0 aliphatic heterocycles. The summed E-state index contributed by atoms with van der Waals surface area (Å²) in [6, 6.07) is 0. The lowest BCUT2D eigenvalue weighted by Gasteiger charge is -2.25. The van der Waals surface area contributed by atoms with Gasteiger partial charge < -0.3 is 15.0 Å². The van der Waals surface area contributed by atoms with Gasteiger partial charge in [-0.25, -0.2) is 4.79 Å². The maximum Gasteiger partial charge on any atom is 0.407 e. The van der Waals surface area contributed by atoms with Crippen molar-refractivity contribution in [3.05, 3.63) is 0 Å². The van der Waals surface area contributed by atoms with Gasteiger partial charge in [0.1, 0.15) is 5.60 Å². The monoisotopic (exact) mass is 284 g/mol. The van der Waals surface area contributed by atoms with Gasteiger partial charge in [0.25, 0.3) is 0 Å². The Labute approximate surface area is 124 Å². The van der Waals surface area contributed by atoms with Gasteiger partial charge in [0, 0.05) is 13.1 Å². The van der Waals surface area contributed by atoms with Crippen LogP contribution in [0.4, 0.5) is 4.79 Å². The van der Waals surface area contributed by atoms with Gasteiger partial charge in [0.05, 0.1) is 0 Å². The lowest BCUT2D eigenvalue weighted by atomic mass is 9.87. The molecule has 1 rings (SSSR count). The van der Waals surface area contributed by atoms with Crippen LogP contribution in [0, 0.1) is 5.92 Å². The summed E-state index contributed by atoms with van der Waals surface area (Å²) in [6.07, 6.45) is 8.03. The van der Waals surface area contributed by atoms with Crippen molar-refractivity contribution in [2.75, 3.05) is 26.7 Å². The Morgan fingerprint density at radius 1 is 1.20 bits per heavy atom. The maximum absolute atomic E-state index is 11.5. The highest BCUT2D eigenvalue weighted by Gasteiger charge is 2.16. The van der Waals surface area contributed by atoms with Crippen molar-refractivity contribution < 1.29 is 9.53 Å². The second-order valence-electron chi connectivity index (χ2n) is 7.02. The summed E-state index contributed by atoms with van der Waals surface area (Å²) in [5, 5.41) is 2.81. The molecule has 0 bridgehead atoms. The van der Waals surface area contributed by atoms with Gasteiger partial charge in [0.15, 0.2) is 0 Å². The molecule has 0 saturated heterocycles. The van der Waals surface area contributed by atoms with Crippen LogP contribution in [0.1, 0.15) is 59.3 Å². The minimum absolute atomic E-state index is 0.321. The normalized spacial score (nSPS) is 17.2. The first kappa shape index (κ1) is 17.3. The van der Waals surface area contributed by atoms with Gasteiger partial charge in [0.2, 0.25) is 0 Å². The molecule has 118 valence electrons. The first-order valence-electron chi connectivity index (χ1n) is 8.02. The molecule has 4 heteroatoms. The molecule has 1 aliphatic carbocycles. The number of hydrogen-bond acceptors (Lipinski definition) is 3. The molecule has 0 aromatic rings. The van der Waals surface area contributed by atoms with Crippen LogP contribution in [0.15, 0.2) is 0 Å². The average molecular weight is 284 g/mol. The Morgan fingerprint density at radius 3 is 2.45 bits per heavy atom. The van der Waals surface area contributed by atoms with Gasteiger partial charge in [-0.05, 0) is 46.7 Å². The summed E-state index contributed by atoms with van der Waals surface area (Å²) in [5.41, 5.74) is -0.420. The Hall–Kier alpha value is -0.770. The number of rotatable bonds is 6. The minimum Gasteiger partial charge on any atom is -0.444 e. The molecule has 1 saturated carbocycles. The van der Waals surface area contributed by atoms with E-state index >= 15 is 0 Å². The number of alkyl carbamates (subject to hydrolysis) is 1. The number of amides is 1. The Kier molecular flexibility index (Phi) is 7.35. The van der Waals surface area contributed by atoms with Gasteiger partial charge in [-0.1, -0.05) is 32.1 Å². The van der Waals surface area contributed by atoms with E-state index < -0.39 is 5.60 Å². The molecule has 0 heterocycles. The quantitative estimate of drug-likeness (QED) is 0.812. The van der Waals surface area contributed by atoms with E-state index in [2.05, 4.69) is 17.3 Å². The van der Waals surface area contributed by atoms with Crippen molar-refractivity contribution in [1.82, 2.24) is 10.2 Å². The predicted octanol–water partition coefficient (Wildman–Crippen LogP) is 3.41. The molecule has 1 N–H and O–H groups in total. The van der Waals surface area contributed by atoms with Crippen molar-refractivity contribution in [2.24, 2.45) is 5.92 Å². The summed E-state index contributed by atoms with van der Waals surface area (Å²) in [4.78, 5) is 13.8. The van der Waals surface area contributed by atoms with Crippen LogP contribution in [0.5, 0.6) is 0 Å². The van der Waals surface area contributed by atoms with E-state index in [1.165, 1.54) is 38.5 Å². The van der Waals surface area contributed by atoms with Crippen LogP contribution in [-0.4, -0.2) is 43.3 Å². The third-order valence-electron chi connectivity index (χ3n) is 3.81. The van der Waals surface area contributed by atoms with Crippen LogP contribution in [-0.2, 0) is 4.74 Å². The summed E-state index contributed by atoms with van der Waals surface area (Å²) < 4.78 is 5.21. The molecule has 4 nitrogen and oxygen atoms in total. The highest BCUT2D eigenvalue weighted by molar-refractivity contribution is 5.67. The van der Waals surface area contributed by atoms with Crippen molar-refractivity contribution >= 4 is 6.09 Å². The molecule has 1 fully saturated rings. The zero-order valence-electron chi connectivity index (χ0n) is 13.7. The van der Waals surface area contributed by atoms with Gasteiger partial charge >= 0.3 is 6.09 Å². The van der Waals surface area contributed by atoms with E-state index in [1.54, 1.807) is 0 Å². The molecule has 1 aliphatic rings. The van der Waals surface area contributed by atoms with Crippen LogP contribution in [0.3, 0.4) is 0 Å². The Morgan fingerprint density at radius 2 is 1.85 bits per heavy atom. The number of carbonyl (C=O) groups excluding carboxylic acids is 1. The largest absolute Gasteiger partial charge is 0.444 e. The molecular weight excluding hydrogens is 252 g/mol. The highest BCUT2D eigenvalue weighted by Crippen LogP contribution is 2.26. The molecule has 0 unspecified atom stereocenters. The molecule has 0 aromatic heterocycles. The standard InChI is InChI=1S/C16H32N2O2/c1-16(2,3)20-15(19)17-11-13-18(4)12-10-14-8-6-5-7-9-14/h14H,5-13H2,1-4H3,(H,17,19). The van der Waals surface area contributed by atoms with Crippen molar-refractivity contribution in [2.45, 2.75) is 64.9 Å². The zero-order valence-corrected chi connectivity index (χ0v) is 13.7. The molecular formula is C16H32N2O2. The Bertz CT molecular complexity index is 281. The summed E-state index contributed by atoms with van der Waals surface area (Å²) in [7, 11) is 2.12. The number of likely N-dealkylation sites (N-methyl/N-ethyl adjacent to an activating group) is 1. The number of hydrogen-bond donors (Lipinski definition) is 1. The summed E-state index contributed by atoms with van der Waals surface area (Å²) in [5.74, 6) is 0.921. The van der Waals surface area contributed by atoms with Crippen LogP contribution in [0.25, 0.3) is 0 Å². The van der Waals surface area contributed by atoms with Crippen molar-refractivity contribution in [3.8, 4) is 0 Å². The number of nitrogens with one attached hydrogen (secondary N) is 1. The minimum atomic E-state index is -0.420. The van der Waals surface area contributed by atoms with Gasteiger partial charge in [-0.15, -0.1) is 0 Å². The smallest absolute Gasteiger partial charge is 0.407 e. The fourth-order valence-electron chi connectivity index (χ4n) is 2.65. The van der Waals surface area contributed by atoms with E-state index in [4.69, 9.17) is 4.74 Å². The topological polar surface area (TPSA) is 41.6 Å². The van der Waals surface area contributed by atoms with Crippen LogP contribution in [0.2, 0.25) is 0 Å². The van der Waals surface area contributed by atoms with Gasteiger partial charge in [-0.3, -0.25) is 0 Å². The predicted molar refractivity (Wildman–Crippen MR) is 82.9 cm³/mol. The Balaban J connectivity index is 2.04. The number of carbonyl (C=O) groups is 1. The molecule has 0 atom stereocenters. The zero-order chi connectivity index (χ0) is 15.0. The van der Waals surface area contributed by atoms with E-state index in [9.17, 15) is 4.79 Å². The first-order valence-corrected chi connectivity index (χ1v) is 8.02. The molecule has 0 spiro atoms. The fourth-order valence-corrected chi connectivity index (χ4v) is 2.65. The van der Waals surface area contributed by atoms with Crippen molar-refractivity contribution in [1.29, 1.82) is 0 Å². The van der Waals surface area contributed by atoms with Crippen LogP contribution >= 0.6 is 0 Å². The lowest BCUT2D eigenvalue weighted by molar-refractivity contribution is 0.0523. The van der Waals surface area contributed by atoms with E-state index in [0.717, 1.165) is 19.0 Å².